The molecule has 0 aliphatic rings. The summed E-state index contributed by atoms with van der Waals surface area (Å²) in [5.74, 6) is -1.00. The number of H-pyrrole nitrogens is 1. The summed E-state index contributed by atoms with van der Waals surface area (Å²) in [6, 6.07) is 12.6. The van der Waals surface area contributed by atoms with Gasteiger partial charge in [-0.15, -0.1) is 0 Å². The van der Waals surface area contributed by atoms with E-state index in [0.717, 1.165) is 26.8 Å². The minimum absolute atomic E-state index is 0.160. The Hall–Kier alpha value is -2.95. The Bertz CT molecular complexity index is 892. The largest absolute Gasteiger partial charge is 0.477 e. The highest BCUT2D eigenvalue weighted by Gasteiger charge is 2.20. The lowest BCUT2D eigenvalue weighted by Crippen LogP contribution is -1.99. The van der Waals surface area contributed by atoms with Crippen molar-refractivity contribution in [3.05, 3.63) is 58.6 Å². The van der Waals surface area contributed by atoms with Crippen molar-refractivity contribution >= 4 is 22.6 Å². The SMILES string of the molecule is Cc1cccc2c(-c3ccc([N+](C)=O)cc3)c(C(=O)O)[nH]c12. The van der Waals surface area contributed by atoms with Gasteiger partial charge in [-0.2, -0.15) is 0 Å². The molecule has 0 unspecified atom stereocenters. The Labute approximate surface area is 126 Å². The molecule has 2 N–H and O–H groups in total. The first-order valence-corrected chi connectivity index (χ1v) is 6.85. The number of nitrogens with one attached hydrogen (secondary N) is 1. The molecule has 1 heterocycles. The number of aryl methyl sites for hydroxylation is 1. The second kappa shape index (κ2) is 5.11. The predicted octanol–water partition coefficient (Wildman–Crippen LogP) is 3.88. The van der Waals surface area contributed by atoms with Crippen LogP contribution in [0.1, 0.15) is 16.1 Å². The number of aromatic amines is 1. The molecule has 0 spiro atoms. The van der Waals surface area contributed by atoms with Gasteiger partial charge in [0, 0.05) is 38.3 Å². The molecule has 0 radical (unpaired) electrons. The van der Waals surface area contributed by atoms with E-state index in [-0.39, 0.29) is 5.69 Å². The van der Waals surface area contributed by atoms with Crippen LogP contribution in [0.5, 0.6) is 0 Å². The summed E-state index contributed by atoms with van der Waals surface area (Å²) in [6.07, 6.45) is 0. The summed E-state index contributed by atoms with van der Waals surface area (Å²) in [4.78, 5) is 25.8. The number of nitroso groups, excluding NO2 is 1. The Morgan fingerprint density at radius 3 is 2.41 bits per heavy atom. The Kier molecular flexibility index (Phi) is 3.25. The molecule has 0 saturated heterocycles. The van der Waals surface area contributed by atoms with Gasteiger partial charge in [0.05, 0.1) is 0 Å². The molecule has 5 nitrogen and oxygen atoms in total. The van der Waals surface area contributed by atoms with Gasteiger partial charge in [0.2, 0.25) is 0 Å². The highest BCUT2D eigenvalue weighted by Crippen LogP contribution is 2.34. The number of aromatic nitrogens is 1. The standard InChI is InChI=1S/C17H14N2O3/c1-10-4-3-5-13-14(16(17(20)21)18-15(10)13)11-6-8-12(9-7-11)19(2)22/h3-9H,1-2H3,(H-,18,20,21,22)/p+1. The summed E-state index contributed by atoms with van der Waals surface area (Å²) < 4.78 is 0.765. The maximum atomic E-state index is 11.6. The topological polar surface area (TPSA) is 73.2 Å². The van der Waals surface area contributed by atoms with Crippen molar-refractivity contribution in [3.63, 3.8) is 0 Å². The van der Waals surface area contributed by atoms with E-state index in [9.17, 15) is 14.8 Å². The Balaban J connectivity index is 2.28. The number of benzene rings is 2. The minimum atomic E-state index is -1.00. The van der Waals surface area contributed by atoms with Gasteiger partial charge in [-0.05, 0) is 30.2 Å². The molecule has 1 aromatic heterocycles. The molecule has 0 atom stereocenters. The van der Waals surface area contributed by atoms with Crippen molar-refractivity contribution in [3.8, 4) is 11.1 Å². The molecule has 2 aromatic carbocycles. The van der Waals surface area contributed by atoms with Crippen LogP contribution >= 0.6 is 0 Å². The van der Waals surface area contributed by atoms with Crippen LogP contribution in [0.4, 0.5) is 5.69 Å². The van der Waals surface area contributed by atoms with Crippen molar-refractivity contribution in [1.29, 1.82) is 0 Å². The molecule has 3 aromatic rings. The fourth-order valence-electron chi connectivity index (χ4n) is 2.66. The normalized spacial score (nSPS) is 10.8. The van der Waals surface area contributed by atoms with Gasteiger partial charge in [-0.25, -0.2) is 4.79 Å². The molecular formula is C17H15N2O3+. The molecular weight excluding hydrogens is 280 g/mol. The smallest absolute Gasteiger partial charge is 0.352 e. The summed E-state index contributed by atoms with van der Waals surface area (Å²) in [7, 11) is 1.42. The molecule has 0 saturated carbocycles. The zero-order chi connectivity index (χ0) is 15.9. The average Bonchev–Trinajstić information content (AvgIpc) is 2.88. The van der Waals surface area contributed by atoms with Crippen LogP contribution < -0.4 is 0 Å². The maximum Gasteiger partial charge on any atom is 0.352 e. The number of carboxylic acid groups (broad SMARTS) is 1. The third kappa shape index (κ3) is 2.16. The maximum absolute atomic E-state index is 11.6. The van der Waals surface area contributed by atoms with Gasteiger partial charge in [0.25, 0.3) is 5.69 Å². The predicted molar refractivity (Wildman–Crippen MR) is 84.6 cm³/mol. The van der Waals surface area contributed by atoms with E-state index in [1.165, 1.54) is 7.05 Å². The lowest BCUT2D eigenvalue weighted by Gasteiger charge is -2.02. The van der Waals surface area contributed by atoms with Crippen LogP contribution in [-0.2, 0) is 0 Å². The van der Waals surface area contributed by atoms with Crippen LogP contribution in [0.15, 0.2) is 42.5 Å². The fraction of sp³-hybridized carbons (Fsp3) is 0.118. The van der Waals surface area contributed by atoms with Crippen molar-refractivity contribution in [2.24, 2.45) is 0 Å². The van der Waals surface area contributed by atoms with E-state index >= 15 is 0 Å². The Morgan fingerprint density at radius 1 is 1.14 bits per heavy atom. The zero-order valence-electron chi connectivity index (χ0n) is 12.3. The molecule has 0 fully saturated rings. The van der Waals surface area contributed by atoms with E-state index in [1.54, 1.807) is 24.3 Å². The van der Waals surface area contributed by atoms with E-state index in [2.05, 4.69) is 4.98 Å². The molecule has 0 amide bonds. The van der Waals surface area contributed by atoms with E-state index in [0.29, 0.717) is 11.3 Å². The fourth-order valence-corrected chi connectivity index (χ4v) is 2.66. The summed E-state index contributed by atoms with van der Waals surface area (Å²) >= 11 is 0. The summed E-state index contributed by atoms with van der Waals surface area (Å²) in [5.41, 5.74) is 3.90. The van der Waals surface area contributed by atoms with Crippen molar-refractivity contribution in [2.75, 3.05) is 7.05 Å². The number of carboxylic acids is 1. The molecule has 110 valence electrons. The monoisotopic (exact) mass is 295 g/mol. The van der Waals surface area contributed by atoms with Crippen LogP contribution in [-0.4, -0.2) is 27.9 Å². The first-order valence-electron chi connectivity index (χ1n) is 6.85. The number of rotatable bonds is 3. The van der Waals surface area contributed by atoms with Crippen LogP contribution in [0.2, 0.25) is 0 Å². The number of hydrogen-bond donors (Lipinski definition) is 2. The summed E-state index contributed by atoms with van der Waals surface area (Å²) in [5, 5.41) is 10.3. The van der Waals surface area contributed by atoms with Crippen LogP contribution in [0.3, 0.4) is 0 Å². The minimum Gasteiger partial charge on any atom is -0.477 e. The van der Waals surface area contributed by atoms with Gasteiger partial charge in [0.1, 0.15) is 5.69 Å². The number of carbonyl (C=O) groups is 1. The van der Waals surface area contributed by atoms with Gasteiger partial charge < -0.3 is 10.1 Å². The van der Waals surface area contributed by atoms with E-state index in [4.69, 9.17) is 0 Å². The lowest BCUT2D eigenvalue weighted by molar-refractivity contribution is -0.428. The second-order valence-electron chi connectivity index (χ2n) is 5.22. The van der Waals surface area contributed by atoms with E-state index < -0.39 is 5.97 Å². The first kappa shape index (κ1) is 14.0. The molecule has 0 aliphatic heterocycles. The summed E-state index contributed by atoms with van der Waals surface area (Å²) in [6.45, 7) is 1.93. The zero-order valence-corrected chi connectivity index (χ0v) is 12.3. The highest BCUT2D eigenvalue weighted by molar-refractivity contribution is 6.08. The highest BCUT2D eigenvalue weighted by atomic mass is 16.4. The third-order valence-corrected chi connectivity index (χ3v) is 3.78. The first-order chi connectivity index (χ1) is 10.5. The van der Waals surface area contributed by atoms with Gasteiger partial charge in [-0.3, -0.25) is 0 Å². The molecule has 0 bridgehead atoms. The lowest BCUT2D eigenvalue weighted by atomic mass is 10.0. The molecule has 5 heteroatoms. The van der Waals surface area contributed by atoms with Crippen LogP contribution in [0, 0.1) is 11.8 Å². The van der Waals surface area contributed by atoms with Gasteiger partial charge in [-0.1, -0.05) is 18.2 Å². The number of aromatic carboxylic acids is 1. The molecule has 3 rings (SSSR count). The van der Waals surface area contributed by atoms with E-state index in [1.807, 2.05) is 25.1 Å². The molecule has 22 heavy (non-hydrogen) atoms. The van der Waals surface area contributed by atoms with Gasteiger partial charge >= 0.3 is 5.97 Å². The van der Waals surface area contributed by atoms with Crippen molar-refractivity contribution < 1.29 is 14.7 Å². The second-order valence-corrected chi connectivity index (χ2v) is 5.22. The number of para-hydroxylation sites is 1. The number of hydrogen-bond acceptors (Lipinski definition) is 2. The van der Waals surface area contributed by atoms with Crippen molar-refractivity contribution in [1.82, 2.24) is 4.98 Å². The quantitative estimate of drug-likeness (QED) is 0.720. The van der Waals surface area contributed by atoms with Crippen LogP contribution in [0.25, 0.3) is 22.0 Å². The third-order valence-electron chi connectivity index (χ3n) is 3.78. The molecule has 0 aliphatic carbocycles. The van der Waals surface area contributed by atoms with Crippen molar-refractivity contribution in [2.45, 2.75) is 6.92 Å². The average molecular weight is 295 g/mol. The number of nitrogens with zero attached hydrogens (tertiary/aromatic N) is 1. The number of fused-ring (bicyclic) bond motifs is 1. The Morgan fingerprint density at radius 2 is 1.82 bits per heavy atom. The van der Waals surface area contributed by atoms with Gasteiger partial charge in [0.15, 0.2) is 7.05 Å².